The van der Waals surface area contributed by atoms with Crippen molar-refractivity contribution in [1.82, 2.24) is 0 Å². The lowest BCUT2D eigenvalue weighted by Gasteiger charge is -2.08. The van der Waals surface area contributed by atoms with E-state index in [2.05, 4.69) is 0 Å². The van der Waals surface area contributed by atoms with Gasteiger partial charge in [0.1, 0.15) is 23.9 Å². The number of nitriles is 1. The molecule has 0 saturated carbocycles. The summed E-state index contributed by atoms with van der Waals surface area (Å²) in [5.74, 6) is 0.696. The highest BCUT2D eigenvalue weighted by Gasteiger charge is 2.05. The highest BCUT2D eigenvalue weighted by atomic mass is 19.1. The molecule has 0 amide bonds. The van der Waals surface area contributed by atoms with Crippen LogP contribution in [0.3, 0.4) is 0 Å². The second-order valence-corrected chi connectivity index (χ2v) is 3.88. The van der Waals surface area contributed by atoms with Gasteiger partial charge < -0.3 is 9.47 Å². The van der Waals surface area contributed by atoms with Crippen molar-refractivity contribution in [3.63, 3.8) is 0 Å². The molecule has 0 aromatic heterocycles. The van der Waals surface area contributed by atoms with Crippen LogP contribution in [-0.4, -0.2) is 7.11 Å². The van der Waals surface area contributed by atoms with Crippen LogP contribution in [0.15, 0.2) is 42.5 Å². The molecule has 4 heteroatoms. The number of benzene rings is 2. The van der Waals surface area contributed by atoms with Crippen molar-refractivity contribution in [2.75, 3.05) is 7.11 Å². The number of hydrogen-bond donors (Lipinski definition) is 0. The van der Waals surface area contributed by atoms with Gasteiger partial charge in [0.05, 0.1) is 18.7 Å². The van der Waals surface area contributed by atoms with Crippen molar-refractivity contribution in [3.8, 4) is 17.6 Å². The third-order valence-electron chi connectivity index (χ3n) is 2.64. The first-order valence-corrected chi connectivity index (χ1v) is 5.68. The van der Waals surface area contributed by atoms with E-state index in [0.717, 1.165) is 0 Å². The molecule has 0 aliphatic carbocycles. The smallest absolute Gasteiger partial charge is 0.133 e. The van der Waals surface area contributed by atoms with E-state index >= 15 is 0 Å². The summed E-state index contributed by atoms with van der Waals surface area (Å²) in [4.78, 5) is 0. The summed E-state index contributed by atoms with van der Waals surface area (Å²) < 4.78 is 24.0. The molecule has 0 atom stereocenters. The van der Waals surface area contributed by atoms with Gasteiger partial charge in [-0.2, -0.15) is 5.26 Å². The Morgan fingerprint density at radius 1 is 1.11 bits per heavy atom. The van der Waals surface area contributed by atoms with Crippen molar-refractivity contribution in [2.24, 2.45) is 0 Å². The fourth-order valence-electron chi connectivity index (χ4n) is 1.56. The average molecular weight is 257 g/mol. The lowest BCUT2D eigenvalue weighted by atomic mass is 10.2. The van der Waals surface area contributed by atoms with E-state index < -0.39 is 0 Å². The largest absolute Gasteiger partial charge is 0.497 e. The van der Waals surface area contributed by atoms with Crippen LogP contribution in [-0.2, 0) is 6.61 Å². The fourth-order valence-corrected chi connectivity index (χ4v) is 1.56. The first-order valence-electron chi connectivity index (χ1n) is 5.68. The van der Waals surface area contributed by atoms with E-state index in [-0.39, 0.29) is 12.4 Å². The molecule has 0 saturated heterocycles. The molecule has 0 aliphatic rings. The molecule has 2 aromatic rings. The molecular formula is C15H12FNO2. The lowest BCUT2D eigenvalue weighted by molar-refractivity contribution is 0.299. The molecule has 3 nitrogen and oxygen atoms in total. The molecule has 0 bridgehead atoms. The van der Waals surface area contributed by atoms with Crippen LogP contribution in [0.1, 0.15) is 11.1 Å². The molecule has 2 rings (SSSR count). The second-order valence-electron chi connectivity index (χ2n) is 3.88. The number of methoxy groups -OCH3 is 1. The van der Waals surface area contributed by atoms with Gasteiger partial charge in [0.2, 0.25) is 0 Å². The van der Waals surface area contributed by atoms with Crippen LogP contribution in [0, 0.1) is 17.1 Å². The predicted molar refractivity (Wildman–Crippen MR) is 68.4 cm³/mol. The molecule has 2 aromatic carbocycles. The SMILES string of the molecule is COc1ccc(COc2ccc(C#N)cc2)c(F)c1. The predicted octanol–water partition coefficient (Wildman–Crippen LogP) is 3.28. The van der Waals surface area contributed by atoms with E-state index in [0.29, 0.717) is 22.6 Å². The Morgan fingerprint density at radius 2 is 1.79 bits per heavy atom. The zero-order valence-corrected chi connectivity index (χ0v) is 10.4. The number of ether oxygens (including phenoxy) is 2. The first kappa shape index (κ1) is 12.9. The minimum atomic E-state index is -0.368. The molecule has 96 valence electrons. The maximum Gasteiger partial charge on any atom is 0.133 e. The Labute approximate surface area is 110 Å². The van der Waals surface area contributed by atoms with Gasteiger partial charge in [0.15, 0.2) is 0 Å². The molecule has 0 unspecified atom stereocenters. The molecule has 0 aliphatic heterocycles. The van der Waals surface area contributed by atoms with Crippen LogP contribution in [0.25, 0.3) is 0 Å². The van der Waals surface area contributed by atoms with Gasteiger partial charge in [-0.15, -0.1) is 0 Å². The van der Waals surface area contributed by atoms with Crippen molar-refractivity contribution in [3.05, 3.63) is 59.4 Å². The molecule has 0 radical (unpaired) electrons. The van der Waals surface area contributed by atoms with Gasteiger partial charge in [-0.05, 0) is 36.4 Å². The van der Waals surface area contributed by atoms with E-state index in [9.17, 15) is 4.39 Å². The topological polar surface area (TPSA) is 42.2 Å². The Bertz CT molecular complexity index is 603. The molecule has 0 heterocycles. The molecule has 0 fully saturated rings. The summed E-state index contributed by atoms with van der Waals surface area (Å²) in [5, 5.41) is 8.67. The molecular weight excluding hydrogens is 245 g/mol. The van der Waals surface area contributed by atoms with Crippen LogP contribution in [0.5, 0.6) is 11.5 Å². The quantitative estimate of drug-likeness (QED) is 0.844. The number of rotatable bonds is 4. The standard InChI is InChI=1S/C15H12FNO2/c1-18-14-7-4-12(15(16)8-14)10-19-13-5-2-11(9-17)3-6-13/h2-8H,10H2,1H3. The summed E-state index contributed by atoms with van der Waals surface area (Å²) in [6.07, 6.45) is 0. The Balaban J connectivity index is 2.04. The summed E-state index contributed by atoms with van der Waals surface area (Å²) >= 11 is 0. The summed E-state index contributed by atoms with van der Waals surface area (Å²) in [5.41, 5.74) is 1.01. The highest BCUT2D eigenvalue weighted by Crippen LogP contribution is 2.19. The third kappa shape index (κ3) is 3.23. The maximum atomic E-state index is 13.7. The fraction of sp³-hybridized carbons (Fsp3) is 0.133. The highest BCUT2D eigenvalue weighted by molar-refractivity contribution is 5.35. The average Bonchev–Trinajstić information content (AvgIpc) is 2.46. The van der Waals surface area contributed by atoms with Gasteiger partial charge in [-0.1, -0.05) is 0 Å². The number of hydrogen-bond acceptors (Lipinski definition) is 3. The molecule has 0 N–H and O–H groups in total. The minimum absolute atomic E-state index is 0.127. The monoisotopic (exact) mass is 257 g/mol. The van der Waals surface area contributed by atoms with Crippen molar-refractivity contribution >= 4 is 0 Å². The molecule has 0 spiro atoms. The lowest BCUT2D eigenvalue weighted by Crippen LogP contribution is -1.99. The van der Waals surface area contributed by atoms with Crippen LogP contribution < -0.4 is 9.47 Å². The van der Waals surface area contributed by atoms with Crippen LogP contribution >= 0.6 is 0 Å². The zero-order valence-electron chi connectivity index (χ0n) is 10.4. The van der Waals surface area contributed by atoms with Crippen molar-refractivity contribution in [1.29, 1.82) is 5.26 Å². The van der Waals surface area contributed by atoms with Gasteiger partial charge >= 0.3 is 0 Å². The van der Waals surface area contributed by atoms with Crippen LogP contribution in [0.4, 0.5) is 4.39 Å². The van der Waals surface area contributed by atoms with E-state index in [1.165, 1.54) is 13.2 Å². The Morgan fingerprint density at radius 3 is 2.37 bits per heavy atom. The third-order valence-corrected chi connectivity index (χ3v) is 2.64. The summed E-state index contributed by atoms with van der Waals surface area (Å²) in [6.45, 7) is 0.127. The van der Waals surface area contributed by atoms with Gasteiger partial charge in [0, 0.05) is 11.6 Å². The Kier molecular flexibility index (Phi) is 3.99. The van der Waals surface area contributed by atoms with Gasteiger partial charge in [-0.25, -0.2) is 4.39 Å². The summed E-state index contributed by atoms with van der Waals surface area (Å²) in [7, 11) is 1.49. The Hall–Kier alpha value is -2.54. The normalized spacial score (nSPS) is 9.74. The van der Waals surface area contributed by atoms with E-state index in [4.69, 9.17) is 14.7 Å². The van der Waals surface area contributed by atoms with E-state index in [1.54, 1.807) is 36.4 Å². The minimum Gasteiger partial charge on any atom is -0.497 e. The van der Waals surface area contributed by atoms with E-state index in [1.807, 2.05) is 6.07 Å². The summed E-state index contributed by atoms with van der Waals surface area (Å²) in [6, 6.07) is 13.3. The second kappa shape index (κ2) is 5.87. The molecule has 19 heavy (non-hydrogen) atoms. The van der Waals surface area contributed by atoms with Crippen molar-refractivity contribution < 1.29 is 13.9 Å². The maximum absolute atomic E-state index is 13.7. The first-order chi connectivity index (χ1) is 9.22. The van der Waals surface area contributed by atoms with Gasteiger partial charge in [-0.3, -0.25) is 0 Å². The van der Waals surface area contributed by atoms with Gasteiger partial charge in [0.25, 0.3) is 0 Å². The zero-order chi connectivity index (χ0) is 13.7. The number of halogens is 1. The van der Waals surface area contributed by atoms with Crippen molar-refractivity contribution in [2.45, 2.75) is 6.61 Å². The van der Waals surface area contributed by atoms with Crippen LogP contribution in [0.2, 0.25) is 0 Å². The number of nitrogens with zero attached hydrogens (tertiary/aromatic N) is 1.